The van der Waals surface area contributed by atoms with Crippen LogP contribution >= 0.6 is 0 Å². The maximum atomic E-state index is 11.2. The summed E-state index contributed by atoms with van der Waals surface area (Å²) in [6.45, 7) is 0. The van der Waals surface area contributed by atoms with Crippen molar-refractivity contribution < 1.29 is 13.2 Å². The van der Waals surface area contributed by atoms with Crippen molar-refractivity contribution in [3.05, 3.63) is 29.2 Å². The largest absolute Gasteiger partial charge is 0.301 e. The third-order valence-corrected chi connectivity index (χ3v) is 3.35. The number of nitroso groups, excluding NO2 is 1. The van der Waals surface area contributed by atoms with Gasteiger partial charge in [0.1, 0.15) is 4.90 Å². The Morgan fingerprint density at radius 1 is 1.25 bits per heavy atom. The van der Waals surface area contributed by atoms with Crippen molar-refractivity contribution in [1.29, 1.82) is 0 Å². The summed E-state index contributed by atoms with van der Waals surface area (Å²) in [7, 11) is -3.34. The number of sulfone groups is 1. The first kappa shape index (κ1) is 7.42. The number of benzene rings is 1. The van der Waals surface area contributed by atoms with Crippen LogP contribution in [-0.4, -0.2) is 19.1 Å². The van der Waals surface area contributed by atoms with Crippen LogP contribution in [-0.2, 0) is 9.84 Å². The van der Waals surface area contributed by atoms with E-state index in [1.54, 1.807) is 12.1 Å². The summed E-state index contributed by atoms with van der Waals surface area (Å²) in [6, 6.07) is 6.20. The van der Waals surface area contributed by atoms with Gasteiger partial charge in [-0.1, -0.05) is 12.1 Å². The molecule has 5 heteroatoms. The molecule has 0 N–H and O–H groups in total. The first-order valence-electron chi connectivity index (χ1n) is 3.38. The van der Waals surface area contributed by atoms with Crippen molar-refractivity contribution in [2.24, 2.45) is 0 Å². The van der Waals surface area contributed by atoms with Crippen LogP contribution in [0.15, 0.2) is 29.2 Å². The van der Waals surface area contributed by atoms with Crippen LogP contribution in [0.5, 0.6) is 0 Å². The summed E-state index contributed by atoms with van der Waals surface area (Å²) in [5.74, 6) is -0.452. The van der Waals surface area contributed by atoms with Gasteiger partial charge in [0.15, 0.2) is 0 Å². The van der Waals surface area contributed by atoms with Gasteiger partial charge in [0.2, 0.25) is 9.84 Å². The van der Waals surface area contributed by atoms with E-state index in [1.807, 2.05) is 0 Å². The summed E-state index contributed by atoms with van der Waals surface area (Å²) in [6.07, 6.45) is 0. The molecule has 0 aliphatic carbocycles. The van der Waals surface area contributed by atoms with Crippen molar-refractivity contribution in [3.63, 3.8) is 0 Å². The smallest absolute Gasteiger partial charge is 0.217 e. The second-order valence-corrected chi connectivity index (χ2v) is 4.52. The van der Waals surface area contributed by atoms with E-state index in [9.17, 15) is 13.3 Å². The maximum Gasteiger partial charge on any atom is 0.301 e. The van der Waals surface area contributed by atoms with Crippen molar-refractivity contribution in [2.75, 3.05) is 5.88 Å². The van der Waals surface area contributed by atoms with Gasteiger partial charge < -0.3 is 0 Å². The van der Waals surface area contributed by atoms with E-state index >= 15 is 0 Å². The van der Waals surface area contributed by atoms with Crippen LogP contribution < -0.4 is 0 Å². The minimum atomic E-state index is -3.34. The zero-order chi connectivity index (χ0) is 8.77. The van der Waals surface area contributed by atoms with Crippen LogP contribution in [0.3, 0.4) is 0 Å². The number of hydrogen-bond acceptors (Lipinski definition) is 3. The first-order valence-corrected chi connectivity index (χ1v) is 5.03. The summed E-state index contributed by atoms with van der Waals surface area (Å²) in [5.41, 5.74) is 0.248. The normalized spacial score (nSPS) is 19.2. The molecule has 0 fully saturated rings. The molecule has 1 heterocycles. The highest BCUT2D eigenvalue weighted by Gasteiger charge is 2.40. The lowest BCUT2D eigenvalue weighted by Crippen LogP contribution is -2.03. The Kier molecular flexibility index (Phi) is 1.32. The van der Waals surface area contributed by atoms with Gasteiger partial charge in [-0.25, -0.2) is 8.42 Å². The molecule has 0 amide bonds. The topological polar surface area (TPSA) is 54.2 Å². The summed E-state index contributed by atoms with van der Waals surface area (Å²) in [4.78, 5) is 11.2. The van der Waals surface area contributed by atoms with Crippen molar-refractivity contribution in [3.8, 4) is 0 Å². The van der Waals surface area contributed by atoms with Gasteiger partial charge in [0.05, 0.1) is 4.76 Å². The van der Waals surface area contributed by atoms with Gasteiger partial charge in [-0.3, -0.25) is 0 Å². The standard InChI is InChI=1S/C7H6NO3S/c9-8-5-12(10,11)7-4-2-1-3-6(7)8/h1-4H,5H2/q+1. The van der Waals surface area contributed by atoms with Gasteiger partial charge in [0.25, 0.3) is 5.69 Å². The number of para-hydroxylation sites is 1. The van der Waals surface area contributed by atoms with Crippen molar-refractivity contribution >= 4 is 15.5 Å². The van der Waals surface area contributed by atoms with Gasteiger partial charge in [0, 0.05) is 11.0 Å². The second kappa shape index (κ2) is 2.13. The zero-order valence-electron chi connectivity index (χ0n) is 6.10. The Balaban J connectivity index is 2.83. The molecular formula is C7H6NO3S+. The Bertz CT molecular complexity index is 449. The Morgan fingerprint density at radius 3 is 2.58 bits per heavy atom. The summed E-state index contributed by atoms with van der Waals surface area (Å²) < 4.78 is 22.9. The van der Waals surface area contributed by atoms with Gasteiger partial charge in [-0.15, -0.1) is 0 Å². The first-order chi connectivity index (χ1) is 5.61. The van der Waals surface area contributed by atoms with E-state index in [0.29, 0.717) is 4.76 Å². The number of nitrogens with zero attached hydrogens (tertiary/aromatic N) is 1. The molecule has 0 spiro atoms. The minimum absolute atomic E-state index is 0.139. The predicted molar refractivity (Wildman–Crippen MR) is 41.8 cm³/mol. The average Bonchev–Trinajstić information content (AvgIpc) is 2.25. The van der Waals surface area contributed by atoms with E-state index in [-0.39, 0.29) is 10.6 Å². The highest BCUT2D eigenvalue weighted by atomic mass is 32.2. The maximum absolute atomic E-state index is 11.2. The van der Waals surface area contributed by atoms with E-state index in [0.717, 1.165) is 0 Å². The molecule has 0 atom stereocenters. The SMILES string of the molecule is O=[N+]1CS(=O)(=O)c2ccccc21. The third kappa shape index (κ3) is 0.863. The van der Waals surface area contributed by atoms with E-state index < -0.39 is 15.7 Å². The fourth-order valence-corrected chi connectivity index (χ4v) is 2.58. The average molecular weight is 184 g/mol. The van der Waals surface area contributed by atoms with E-state index in [1.165, 1.54) is 12.1 Å². The van der Waals surface area contributed by atoms with Crippen LogP contribution in [0.1, 0.15) is 0 Å². The summed E-state index contributed by atoms with van der Waals surface area (Å²) >= 11 is 0. The van der Waals surface area contributed by atoms with Crippen molar-refractivity contribution in [2.45, 2.75) is 4.90 Å². The van der Waals surface area contributed by atoms with Crippen LogP contribution in [0.25, 0.3) is 0 Å². The van der Waals surface area contributed by atoms with Gasteiger partial charge in [-0.05, 0) is 6.07 Å². The van der Waals surface area contributed by atoms with E-state index in [4.69, 9.17) is 0 Å². The lowest BCUT2D eigenvalue weighted by atomic mass is 10.3. The molecule has 0 bridgehead atoms. The highest BCUT2D eigenvalue weighted by Crippen LogP contribution is 2.30. The second-order valence-electron chi connectivity index (χ2n) is 2.59. The molecular weight excluding hydrogens is 178 g/mol. The molecule has 12 heavy (non-hydrogen) atoms. The number of hydrogen-bond donors (Lipinski definition) is 0. The third-order valence-electron chi connectivity index (χ3n) is 1.76. The van der Waals surface area contributed by atoms with Crippen LogP contribution in [0.2, 0.25) is 0 Å². The Morgan fingerprint density at radius 2 is 1.92 bits per heavy atom. The van der Waals surface area contributed by atoms with Crippen LogP contribution in [0, 0.1) is 4.91 Å². The zero-order valence-corrected chi connectivity index (χ0v) is 6.91. The summed E-state index contributed by atoms with van der Waals surface area (Å²) in [5, 5.41) is 0. The number of fused-ring (bicyclic) bond motifs is 1. The van der Waals surface area contributed by atoms with Crippen LogP contribution in [0.4, 0.5) is 5.69 Å². The molecule has 0 unspecified atom stereocenters. The molecule has 0 saturated carbocycles. The molecule has 1 aliphatic rings. The molecule has 2 rings (SSSR count). The fraction of sp³-hybridized carbons (Fsp3) is 0.143. The highest BCUT2D eigenvalue weighted by molar-refractivity contribution is 7.91. The number of rotatable bonds is 0. The molecule has 0 radical (unpaired) electrons. The van der Waals surface area contributed by atoms with Gasteiger partial charge in [-0.2, -0.15) is 0 Å². The van der Waals surface area contributed by atoms with Gasteiger partial charge >= 0.3 is 5.88 Å². The molecule has 62 valence electrons. The minimum Gasteiger partial charge on any atom is -0.217 e. The monoisotopic (exact) mass is 184 g/mol. The fourth-order valence-electron chi connectivity index (χ4n) is 1.22. The van der Waals surface area contributed by atoms with Crippen molar-refractivity contribution in [1.82, 2.24) is 0 Å². The Labute approximate surface area is 69.3 Å². The predicted octanol–water partition coefficient (Wildman–Crippen LogP) is 0.842. The lowest BCUT2D eigenvalue weighted by molar-refractivity contribution is -0.438. The molecule has 0 saturated heterocycles. The molecule has 1 aromatic carbocycles. The molecule has 4 nitrogen and oxygen atoms in total. The molecule has 0 aromatic heterocycles. The quantitative estimate of drug-likeness (QED) is 0.561. The van der Waals surface area contributed by atoms with E-state index in [2.05, 4.69) is 0 Å². The Hall–Kier alpha value is -1.23. The molecule has 1 aromatic rings. The lowest BCUT2D eigenvalue weighted by Gasteiger charge is -1.85. The molecule has 1 aliphatic heterocycles.